The number of aliphatic imine (C=N–C) groups is 1. The fraction of sp³-hybridized carbons (Fsp3) is 0.250. The molecule has 10 heteroatoms. The van der Waals surface area contributed by atoms with Gasteiger partial charge in [0, 0.05) is 17.5 Å². The topological polar surface area (TPSA) is 79.4 Å². The van der Waals surface area contributed by atoms with Gasteiger partial charge in [-0.1, -0.05) is 0 Å². The second-order valence-electron chi connectivity index (χ2n) is 7.07. The molecule has 3 N–H and O–H groups in total. The number of nitrogens with zero attached hydrogens (tertiary/aromatic N) is 2. The molecule has 2 aromatic rings. The number of anilines is 3. The molecular weight excluding hydrogens is 396 g/mol. The van der Waals surface area contributed by atoms with Crippen LogP contribution in [-0.4, -0.2) is 25.5 Å². The Labute approximate surface area is 171 Å². The highest BCUT2D eigenvalue weighted by molar-refractivity contribution is 5.85. The lowest BCUT2D eigenvalue weighted by molar-refractivity contribution is -0.0503. The van der Waals surface area contributed by atoms with E-state index in [2.05, 4.69) is 25.8 Å². The van der Waals surface area contributed by atoms with Gasteiger partial charge in [0.05, 0.1) is 11.4 Å². The first-order valence-corrected chi connectivity index (χ1v) is 9.30. The molecule has 0 radical (unpaired) electrons. The number of ether oxygens (including phenoxy) is 2. The van der Waals surface area contributed by atoms with Crippen LogP contribution in [0.3, 0.4) is 0 Å². The third-order valence-corrected chi connectivity index (χ3v) is 5.03. The Morgan fingerprint density at radius 3 is 2.90 bits per heavy atom. The molecule has 5 rings (SSSR count). The number of hydrogen-bond donors (Lipinski definition) is 3. The Balaban J connectivity index is 1.50. The van der Waals surface area contributed by atoms with E-state index in [9.17, 15) is 8.78 Å². The summed E-state index contributed by atoms with van der Waals surface area (Å²) in [6.45, 7) is 1.16. The number of alkyl halides is 2. The van der Waals surface area contributed by atoms with Crippen LogP contribution in [0.4, 0.5) is 25.8 Å². The van der Waals surface area contributed by atoms with Crippen LogP contribution in [0, 0.1) is 6.92 Å². The minimum atomic E-state index is -2.88. The monoisotopic (exact) mass is 415 g/mol. The molecule has 3 aliphatic rings. The van der Waals surface area contributed by atoms with E-state index in [1.807, 2.05) is 30.0 Å². The highest BCUT2D eigenvalue weighted by Crippen LogP contribution is 2.42. The molecule has 0 aliphatic carbocycles. The fourth-order valence-electron chi connectivity index (χ4n) is 3.62. The van der Waals surface area contributed by atoms with Gasteiger partial charge >= 0.3 is 12.6 Å². The second kappa shape index (κ2) is 6.77. The van der Waals surface area contributed by atoms with Crippen LogP contribution in [0.5, 0.6) is 11.5 Å². The van der Waals surface area contributed by atoms with Gasteiger partial charge in [-0.25, -0.2) is 15.3 Å². The Bertz CT molecular complexity index is 1070. The fourth-order valence-corrected chi connectivity index (χ4v) is 3.62. The number of nitrogens with one attached hydrogen (secondary N) is 3. The molecule has 1 fully saturated rings. The normalized spacial score (nSPS) is 21.3. The molecule has 30 heavy (non-hydrogen) atoms. The Morgan fingerprint density at radius 1 is 1.23 bits per heavy atom. The van der Waals surface area contributed by atoms with Crippen LogP contribution in [0.25, 0.3) is 0 Å². The predicted molar refractivity (Wildman–Crippen MR) is 108 cm³/mol. The van der Waals surface area contributed by atoms with E-state index in [0.717, 1.165) is 28.5 Å². The molecule has 3 aliphatic heterocycles. The third kappa shape index (κ3) is 2.96. The number of hydroxylamine groups is 1. The zero-order valence-electron chi connectivity index (χ0n) is 16.2. The highest BCUT2D eigenvalue weighted by Gasteiger charge is 2.49. The SMILES string of the molecule is CC1=C2NOC(Nc3ccc(OC(F)F)c(C)c3)(N=C1)N2c1ccc2c(c1)NCO2. The Hall–Kier alpha value is -3.53. The minimum absolute atomic E-state index is 0.114. The summed E-state index contributed by atoms with van der Waals surface area (Å²) in [5.41, 5.74) is 6.72. The molecule has 1 atom stereocenters. The first-order chi connectivity index (χ1) is 14.4. The first kappa shape index (κ1) is 18.5. The molecule has 0 amide bonds. The molecule has 1 saturated heterocycles. The summed E-state index contributed by atoms with van der Waals surface area (Å²) in [5.74, 6) is 0.341. The average molecular weight is 415 g/mol. The van der Waals surface area contributed by atoms with Crippen molar-refractivity contribution in [2.75, 3.05) is 22.3 Å². The summed E-state index contributed by atoms with van der Waals surface area (Å²) in [6.07, 6.45) is 1.72. The van der Waals surface area contributed by atoms with Crippen LogP contribution in [0.15, 0.2) is 52.8 Å². The molecule has 0 aromatic heterocycles. The first-order valence-electron chi connectivity index (χ1n) is 9.30. The van der Waals surface area contributed by atoms with Crippen LogP contribution in [-0.2, 0) is 4.84 Å². The van der Waals surface area contributed by atoms with Crippen LogP contribution in [0.2, 0.25) is 0 Å². The summed E-state index contributed by atoms with van der Waals surface area (Å²) in [4.78, 5) is 12.4. The van der Waals surface area contributed by atoms with Crippen molar-refractivity contribution in [1.82, 2.24) is 5.48 Å². The lowest BCUT2D eigenvalue weighted by Gasteiger charge is -2.36. The molecule has 1 unspecified atom stereocenters. The second-order valence-corrected chi connectivity index (χ2v) is 7.07. The van der Waals surface area contributed by atoms with Gasteiger partial charge in [0.2, 0.25) is 0 Å². The van der Waals surface area contributed by atoms with Crippen molar-refractivity contribution < 1.29 is 23.1 Å². The standard InChI is InChI=1S/C20H19F2N5O3/c1-11-7-13(3-5-16(11)29-19(21)22)25-20-24-9-12(2)18(26-30-20)27(20)14-4-6-17-15(8-14)23-10-28-17/h3-9,19,23,25-26H,10H2,1-2H3. The largest absolute Gasteiger partial charge is 0.471 e. The van der Waals surface area contributed by atoms with Crippen molar-refractivity contribution >= 4 is 23.3 Å². The van der Waals surface area contributed by atoms with Gasteiger partial charge in [0.15, 0.2) is 6.73 Å². The number of benzene rings is 2. The smallest absolute Gasteiger partial charge is 0.387 e. The zero-order chi connectivity index (χ0) is 20.9. The maximum atomic E-state index is 12.6. The van der Waals surface area contributed by atoms with Crippen LogP contribution < -0.4 is 30.5 Å². The molecule has 3 heterocycles. The van der Waals surface area contributed by atoms with E-state index in [1.165, 1.54) is 6.07 Å². The van der Waals surface area contributed by atoms with Gasteiger partial charge in [-0.15, -0.1) is 0 Å². The van der Waals surface area contributed by atoms with Gasteiger partial charge in [-0.05, 0) is 55.8 Å². The Morgan fingerprint density at radius 2 is 2.10 bits per heavy atom. The van der Waals surface area contributed by atoms with Crippen molar-refractivity contribution in [1.29, 1.82) is 0 Å². The lowest BCUT2D eigenvalue weighted by Crippen LogP contribution is -2.51. The molecule has 8 nitrogen and oxygen atoms in total. The van der Waals surface area contributed by atoms with Crippen LogP contribution in [0.1, 0.15) is 12.5 Å². The summed E-state index contributed by atoms with van der Waals surface area (Å²) in [7, 11) is 0. The summed E-state index contributed by atoms with van der Waals surface area (Å²) < 4.78 is 35.1. The number of rotatable bonds is 5. The summed E-state index contributed by atoms with van der Waals surface area (Å²) in [6, 6.07) is 10.6. The van der Waals surface area contributed by atoms with Gasteiger partial charge < -0.3 is 20.1 Å². The predicted octanol–water partition coefficient (Wildman–Crippen LogP) is 3.74. The molecule has 0 saturated carbocycles. The van der Waals surface area contributed by atoms with E-state index < -0.39 is 12.6 Å². The number of hydrogen-bond acceptors (Lipinski definition) is 8. The highest BCUT2D eigenvalue weighted by atomic mass is 19.3. The van der Waals surface area contributed by atoms with Crippen LogP contribution >= 0.6 is 0 Å². The molecule has 156 valence electrons. The Kier molecular flexibility index (Phi) is 4.17. The number of fused-ring (bicyclic) bond motifs is 3. The third-order valence-electron chi connectivity index (χ3n) is 5.03. The number of allylic oxidation sites excluding steroid dienone is 1. The van der Waals surface area contributed by atoms with Gasteiger partial charge in [-0.3, -0.25) is 4.90 Å². The van der Waals surface area contributed by atoms with E-state index in [4.69, 9.17) is 9.57 Å². The summed E-state index contributed by atoms with van der Waals surface area (Å²) in [5, 5.41) is 6.43. The van der Waals surface area contributed by atoms with Crippen molar-refractivity contribution in [3.05, 3.63) is 53.4 Å². The zero-order valence-corrected chi connectivity index (χ0v) is 16.2. The van der Waals surface area contributed by atoms with Crippen molar-refractivity contribution in [2.24, 2.45) is 4.99 Å². The van der Waals surface area contributed by atoms with E-state index in [-0.39, 0.29) is 5.75 Å². The molecular formula is C20H19F2N5O3. The van der Waals surface area contributed by atoms with E-state index in [0.29, 0.717) is 18.0 Å². The maximum Gasteiger partial charge on any atom is 0.387 e. The van der Waals surface area contributed by atoms with Crippen molar-refractivity contribution in [3.8, 4) is 11.5 Å². The maximum absolute atomic E-state index is 12.6. The van der Waals surface area contributed by atoms with Gasteiger partial charge in [0.25, 0.3) is 0 Å². The lowest BCUT2D eigenvalue weighted by atomic mass is 10.1. The van der Waals surface area contributed by atoms with E-state index in [1.54, 1.807) is 25.3 Å². The summed E-state index contributed by atoms with van der Waals surface area (Å²) >= 11 is 0. The molecule has 0 spiro atoms. The van der Waals surface area contributed by atoms with Gasteiger partial charge in [-0.2, -0.15) is 8.78 Å². The molecule has 2 aromatic carbocycles. The quantitative estimate of drug-likeness (QED) is 0.687. The minimum Gasteiger partial charge on any atom is -0.471 e. The van der Waals surface area contributed by atoms with Crippen molar-refractivity contribution in [2.45, 2.75) is 26.4 Å². The molecule has 2 bridgehead atoms. The van der Waals surface area contributed by atoms with Crippen molar-refractivity contribution in [3.63, 3.8) is 0 Å². The number of halogens is 2. The number of aryl methyl sites for hydroxylation is 1. The van der Waals surface area contributed by atoms with E-state index >= 15 is 0 Å². The van der Waals surface area contributed by atoms with Gasteiger partial charge in [0.1, 0.15) is 17.3 Å². The average Bonchev–Trinajstić information content (AvgIpc) is 3.28.